The van der Waals surface area contributed by atoms with Crippen molar-refractivity contribution in [2.45, 2.75) is 13.8 Å². The van der Waals surface area contributed by atoms with Crippen LogP contribution in [0.25, 0.3) is 0 Å². The fourth-order valence-electron chi connectivity index (χ4n) is 0.278. The molecule has 0 aromatic heterocycles. The molecular formula is C6H10O7. The van der Waals surface area contributed by atoms with Crippen LogP contribution in [0.3, 0.4) is 0 Å². The number of carboxylic acid groups (broad SMARTS) is 2. The molecule has 0 amide bonds. The summed E-state index contributed by atoms with van der Waals surface area (Å²) in [4.78, 5) is 28.2. The molecule has 0 heterocycles. The van der Waals surface area contributed by atoms with E-state index >= 15 is 0 Å². The largest absolute Gasteiger partial charge is 0.516 e. The molecule has 0 aliphatic carbocycles. The Hall–Kier alpha value is -1.79. The van der Waals surface area contributed by atoms with Crippen molar-refractivity contribution in [2.24, 2.45) is 0 Å². The first-order valence-corrected chi connectivity index (χ1v) is 3.17. The van der Waals surface area contributed by atoms with Crippen molar-refractivity contribution in [3.05, 3.63) is 0 Å². The summed E-state index contributed by atoms with van der Waals surface area (Å²) in [5, 5.41) is 15.0. The lowest BCUT2D eigenvalue weighted by atomic mass is 10.8. The summed E-state index contributed by atoms with van der Waals surface area (Å²) in [6.45, 7) is 3.65. The number of rotatable bonds is 1. The van der Waals surface area contributed by atoms with Crippen molar-refractivity contribution < 1.29 is 34.1 Å². The van der Waals surface area contributed by atoms with Crippen LogP contribution < -0.4 is 0 Å². The standard InChI is InChI=1S/C4H8O2.C2H2O5/c1-3-6-4(2)5;3-1(4)7-2(5)6/h3H2,1-2H3;(H,3,4)(H,5,6). The first-order valence-electron chi connectivity index (χ1n) is 3.17. The van der Waals surface area contributed by atoms with Crippen LogP contribution in [-0.4, -0.2) is 35.1 Å². The molecule has 0 fully saturated rings. The summed E-state index contributed by atoms with van der Waals surface area (Å²) in [5.41, 5.74) is 0. The number of esters is 1. The van der Waals surface area contributed by atoms with E-state index in [2.05, 4.69) is 9.47 Å². The topological polar surface area (TPSA) is 110 Å². The van der Waals surface area contributed by atoms with Gasteiger partial charge in [-0.15, -0.1) is 0 Å². The fraction of sp³-hybridized carbons (Fsp3) is 0.500. The van der Waals surface area contributed by atoms with Gasteiger partial charge in [0.25, 0.3) is 0 Å². The van der Waals surface area contributed by atoms with Crippen molar-refractivity contribution in [3.8, 4) is 0 Å². The van der Waals surface area contributed by atoms with E-state index in [0.717, 1.165) is 0 Å². The van der Waals surface area contributed by atoms with Crippen LogP contribution in [0.4, 0.5) is 9.59 Å². The van der Waals surface area contributed by atoms with E-state index in [4.69, 9.17) is 10.2 Å². The number of ether oxygens (including phenoxy) is 2. The van der Waals surface area contributed by atoms with Gasteiger partial charge in [-0.1, -0.05) is 0 Å². The van der Waals surface area contributed by atoms with E-state index in [-0.39, 0.29) is 5.97 Å². The summed E-state index contributed by atoms with van der Waals surface area (Å²) in [6, 6.07) is 0. The zero-order valence-corrected chi connectivity index (χ0v) is 7.14. The summed E-state index contributed by atoms with van der Waals surface area (Å²) >= 11 is 0. The highest BCUT2D eigenvalue weighted by Crippen LogP contribution is 1.73. The molecule has 7 heteroatoms. The molecule has 2 N–H and O–H groups in total. The highest BCUT2D eigenvalue weighted by molar-refractivity contribution is 5.74. The molecule has 76 valence electrons. The Bertz CT molecular complexity index is 173. The Morgan fingerprint density at radius 1 is 1.15 bits per heavy atom. The van der Waals surface area contributed by atoms with Gasteiger partial charge in [0, 0.05) is 6.92 Å². The summed E-state index contributed by atoms with van der Waals surface area (Å²) < 4.78 is 7.49. The van der Waals surface area contributed by atoms with Gasteiger partial charge >= 0.3 is 18.3 Å². The van der Waals surface area contributed by atoms with Crippen LogP contribution in [0, 0.1) is 0 Å². The molecule has 0 spiro atoms. The maximum absolute atomic E-state index is 9.82. The predicted octanol–water partition coefficient (Wildman–Crippen LogP) is 0.928. The molecule has 0 aliphatic rings. The minimum Gasteiger partial charge on any atom is -0.466 e. The number of hydrogen-bond donors (Lipinski definition) is 2. The third kappa shape index (κ3) is 25.4. The average molecular weight is 194 g/mol. The highest BCUT2D eigenvalue weighted by Gasteiger charge is 2.01. The third-order valence-corrected chi connectivity index (χ3v) is 0.522. The molecule has 0 aromatic carbocycles. The Balaban J connectivity index is 0. The van der Waals surface area contributed by atoms with Crippen molar-refractivity contribution in [3.63, 3.8) is 0 Å². The molecule has 0 aliphatic heterocycles. The van der Waals surface area contributed by atoms with E-state index in [1.54, 1.807) is 6.92 Å². The molecule has 0 rings (SSSR count). The van der Waals surface area contributed by atoms with Crippen LogP contribution in [0.15, 0.2) is 0 Å². The molecule has 13 heavy (non-hydrogen) atoms. The van der Waals surface area contributed by atoms with Crippen LogP contribution in [0.2, 0.25) is 0 Å². The molecular weight excluding hydrogens is 184 g/mol. The van der Waals surface area contributed by atoms with Gasteiger partial charge in [0.15, 0.2) is 0 Å². The normalized spacial score (nSPS) is 7.54. The minimum atomic E-state index is -1.81. The van der Waals surface area contributed by atoms with E-state index in [9.17, 15) is 14.4 Å². The van der Waals surface area contributed by atoms with E-state index in [1.807, 2.05) is 0 Å². The highest BCUT2D eigenvalue weighted by atomic mass is 16.7. The molecule has 0 saturated heterocycles. The van der Waals surface area contributed by atoms with Gasteiger partial charge in [-0.25, -0.2) is 9.59 Å². The number of carbonyl (C=O) groups is 3. The van der Waals surface area contributed by atoms with E-state index in [1.165, 1.54) is 6.92 Å². The lowest BCUT2D eigenvalue weighted by Gasteiger charge is -1.89. The van der Waals surface area contributed by atoms with Crippen molar-refractivity contribution in [2.75, 3.05) is 6.61 Å². The molecule has 0 radical (unpaired) electrons. The Labute approximate surface area is 73.9 Å². The van der Waals surface area contributed by atoms with Gasteiger partial charge in [0.1, 0.15) is 0 Å². The zero-order chi connectivity index (χ0) is 10.9. The smallest absolute Gasteiger partial charge is 0.466 e. The van der Waals surface area contributed by atoms with Gasteiger partial charge in [0.05, 0.1) is 6.61 Å². The van der Waals surface area contributed by atoms with E-state index < -0.39 is 12.3 Å². The maximum Gasteiger partial charge on any atom is 0.516 e. The maximum atomic E-state index is 9.82. The second-order valence-electron chi connectivity index (χ2n) is 1.56. The molecule has 0 bridgehead atoms. The summed E-state index contributed by atoms with van der Waals surface area (Å²) in [5.74, 6) is -0.211. The first kappa shape index (κ1) is 13.8. The van der Waals surface area contributed by atoms with E-state index in [0.29, 0.717) is 6.61 Å². The second kappa shape index (κ2) is 8.31. The number of carbonyl (C=O) groups excluding carboxylic acids is 1. The van der Waals surface area contributed by atoms with Crippen molar-refractivity contribution >= 4 is 18.3 Å². The fourth-order valence-corrected chi connectivity index (χ4v) is 0.278. The van der Waals surface area contributed by atoms with Gasteiger partial charge in [0.2, 0.25) is 0 Å². The second-order valence-corrected chi connectivity index (χ2v) is 1.56. The Morgan fingerprint density at radius 2 is 1.54 bits per heavy atom. The van der Waals surface area contributed by atoms with Crippen LogP contribution >= 0.6 is 0 Å². The zero-order valence-electron chi connectivity index (χ0n) is 7.14. The Kier molecular flexibility index (Phi) is 8.80. The molecule has 0 saturated carbocycles. The molecule has 0 unspecified atom stereocenters. The summed E-state index contributed by atoms with van der Waals surface area (Å²) in [6.07, 6.45) is -3.62. The van der Waals surface area contributed by atoms with Gasteiger partial charge < -0.3 is 19.7 Å². The summed E-state index contributed by atoms with van der Waals surface area (Å²) in [7, 11) is 0. The van der Waals surface area contributed by atoms with Crippen LogP contribution in [0.1, 0.15) is 13.8 Å². The lowest BCUT2D eigenvalue weighted by molar-refractivity contribution is -0.140. The molecule has 0 aromatic rings. The molecule has 7 nitrogen and oxygen atoms in total. The van der Waals surface area contributed by atoms with Crippen LogP contribution in [0.5, 0.6) is 0 Å². The molecule has 0 atom stereocenters. The van der Waals surface area contributed by atoms with Gasteiger partial charge in [-0.2, -0.15) is 0 Å². The SMILES string of the molecule is CCOC(C)=O.O=C(O)OC(=O)O. The van der Waals surface area contributed by atoms with Gasteiger partial charge in [-0.3, -0.25) is 4.79 Å². The van der Waals surface area contributed by atoms with Crippen LogP contribution in [-0.2, 0) is 14.3 Å². The van der Waals surface area contributed by atoms with Crippen molar-refractivity contribution in [1.82, 2.24) is 0 Å². The first-order chi connectivity index (χ1) is 5.90. The minimum absolute atomic E-state index is 0.211. The average Bonchev–Trinajstić information content (AvgIpc) is 1.83. The quantitative estimate of drug-likeness (QED) is 0.471. The van der Waals surface area contributed by atoms with Crippen molar-refractivity contribution in [1.29, 1.82) is 0 Å². The number of hydrogen-bond acceptors (Lipinski definition) is 5. The third-order valence-electron chi connectivity index (χ3n) is 0.522. The predicted molar refractivity (Wildman–Crippen MR) is 39.4 cm³/mol. The monoisotopic (exact) mass is 194 g/mol. The van der Waals surface area contributed by atoms with Gasteiger partial charge in [-0.05, 0) is 6.92 Å². The Morgan fingerprint density at radius 3 is 1.54 bits per heavy atom. The lowest BCUT2D eigenvalue weighted by Crippen LogP contribution is -2.05.